The number of carbonyl (C=O) groups is 2. The largest absolute Gasteiger partial charge is 0.377 e. The lowest BCUT2D eigenvalue weighted by Crippen LogP contribution is -2.31. The van der Waals surface area contributed by atoms with Crippen LogP contribution in [0.15, 0.2) is 66.7 Å². The Morgan fingerprint density at radius 3 is 2.29 bits per heavy atom. The van der Waals surface area contributed by atoms with Crippen LogP contribution in [-0.4, -0.2) is 30.8 Å². The summed E-state index contributed by atoms with van der Waals surface area (Å²) in [4.78, 5) is 29.5. The topological polar surface area (TPSA) is 52.7 Å². The number of benzene rings is 3. The van der Waals surface area contributed by atoms with Crippen LogP contribution in [0.3, 0.4) is 0 Å². The third-order valence-corrected chi connectivity index (χ3v) is 6.31. The van der Waals surface area contributed by atoms with Crippen LogP contribution in [-0.2, 0) is 17.9 Å². The quantitative estimate of drug-likeness (QED) is 0.459. The Bertz CT molecular complexity index is 1210. The van der Waals surface area contributed by atoms with Gasteiger partial charge in [-0.25, -0.2) is 8.78 Å². The molecule has 1 fully saturated rings. The van der Waals surface area contributed by atoms with Crippen molar-refractivity contribution in [3.63, 3.8) is 0 Å². The smallest absolute Gasteiger partial charge is 0.254 e. The first-order valence-electron chi connectivity index (χ1n) is 11.7. The summed E-state index contributed by atoms with van der Waals surface area (Å²) in [5, 5.41) is 3.00. The number of halogens is 2. The van der Waals surface area contributed by atoms with E-state index < -0.39 is 5.82 Å². The molecule has 3 aromatic carbocycles. The van der Waals surface area contributed by atoms with E-state index in [9.17, 15) is 18.4 Å². The van der Waals surface area contributed by atoms with Crippen LogP contribution in [0.2, 0.25) is 0 Å². The van der Waals surface area contributed by atoms with Gasteiger partial charge in [0.25, 0.3) is 5.91 Å². The summed E-state index contributed by atoms with van der Waals surface area (Å²) in [6, 6.07) is 17.1. The van der Waals surface area contributed by atoms with Gasteiger partial charge in [-0.1, -0.05) is 18.6 Å². The third-order valence-electron chi connectivity index (χ3n) is 6.31. The number of rotatable bonds is 8. The van der Waals surface area contributed by atoms with Crippen molar-refractivity contribution in [1.29, 1.82) is 0 Å². The van der Waals surface area contributed by atoms with Crippen molar-refractivity contribution in [3.05, 3.63) is 95.1 Å². The second-order valence-corrected chi connectivity index (χ2v) is 9.15. The van der Waals surface area contributed by atoms with Gasteiger partial charge >= 0.3 is 0 Å². The Kier molecular flexibility index (Phi) is 7.44. The highest BCUT2D eigenvalue weighted by molar-refractivity contribution is 5.95. The molecule has 1 saturated carbocycles. The van der Waals surface area contributed by atoms with Crippen LogP contribution in [0, 0.1) is 17.6 Å². The molecule has 0 saturated heterocycles. The number of hydrogen-bond donors (Lipinski definition) is 1. The number of carbonyl (C=O) groups excluding carboxylic acids is 2. The van der Waals surface area contributed by atoms with Crippen molar-refractivity contribution in [1.82, 2.24) is 4.90 Å². The molecule has 1 N–H and O–H groups in total. The van der Waals surface area contributed by atoms with Gasteiger partial charge in [0, 0.05) is 50.0 Å². The monoisotopic (exact) mass is 477 g/mol. The van der Waals surface area contributed by atoms with Crippen molar-refractivity contribution in [2.24, 2.45) is 5.92 Å². The molecular formula is C28H29F2N3O2. The van der Waals surface area contributed by atoms with Gasteiger partial charge in [0.2, 0.25) is 5.91 Å². The van der Waals surface area contributed by atoms with Crippen molar-refractivity contribution < 1.29 is 18.4 Å². The molecule has 0 unspecified atom stereocenters. The van der Waals surface area contributed by atoms with E-state index in [0.29, 0.717) is 16.8 Å². The molecule has 0 spiro atoms. The van der Waals surface area contributed by atoms with E-state index in [1.54, 1.807) is 17.0 Å². The SMILES string of the molecule is CN(C)c1ccc(NC(=O)C2CCC2)cc1CN(Cc1cccc(F)c1)C(=O)c1ccc(F)cc1. The minimum atomic E-state index is -0.428. The summed E-state index contributed by atoms with van der Waals surface area (Å²) < 4.78 is 27.3. The first-order valence-corrected chi connectivity index (χ1v) is 11.7. The summed E-state index contributed by atoms with van der Waals surface area (Å²) >= 11 is 0. The number of amides is 2. The van der Waals surface area contributed by atoms with Crippen LogP contribution < -0.4 is 10.2 Å². The van der Waals surface area contributed by atoms with Gasteiger partial charge in [-0.05, 0) is 78.6 Å². The fraction of sp³-hybridized carbons (Fsp3) is 0.286. The molecule has 3 aromatic rings. The second kappa shape index (κ2) is 10.7. The lowest BCUT2D eigenvalue weighted by molar-refractivity contribution is -0.122. The fourth-order valence-electron chi connectivity index (χ4n) is 4.18. The second-order valence-electron chi connectivity index (χ2n) is 9.15. The van der Waals surface area contributed by atoms with Gasteiger partial charge in [-0.2, -0.15) is 0 Å². The van der Waals surface area contributed by atoms with E-state index in [4.69, 9.17) is 0 Å². The van der Waals surface area contributed by atoms with Crippen LogP contribution in [0.5, 0.6) is 0 Å². The molecule has 35 heavy (non-hydrogen) atoms. The van der Waals surface area contributed by atoms with Crippen LogP contribution in [0.25, 0.3) is 0 Å². The maximum Gasteiger partial charge on any atom is 0.254 e. The summed E-state index contributed by atoms with van der Waals surface area (Å²) in [7, 11) is 3.81. The minimum absolute atomic E-state index is 0.0128. The number of anilines is 2. The van der Waals surface area contributed by atoms with Gasteiger partial charge in [-0.3, -0.25) is 9.59 Å². The average molecular weight is 478 g/mol. The third kappa shape index (κ3) is 6.04. The summed E-state index contributed by atoms with van der Waals surface area (Å²) in [6.45, 7) is 0.382. The Labute approximate surface area is 204 Å². The molecule has 0 aromatic heterocycles. The van der Waals surface area contributed by atoms with Crippen LogP contribution in [0.4, 0.5) is 20.2 Å². The van der Waals surface area contributed by atoms with Crippen molar-refractivity contribution >= 4 is 23.2 Å². The molecule has 0 aliphatic heterocycles. The fourth-order valence-corrected chi connectivity index (χ4v) is 4.18. The molecule has 4 rings (SSSR count). The van der Waals surface area contributed by atoms with E-state index in [0.717, 1.165) is 30.5 Å². The minimum Gasteiger partial charge on any atom is -0.377 e. The summed E-state index contributed by atoms with van der Waals surface area (Å²) in [6.07, 6.45) is 2.88. The number of nitrogens with one attached hydrogen (secondary N) is 1. The lowest BCUT2D eigenvalue weighted by Gasteiger charge is -2.27. The van der Waals surface area contributed by atoms with Gasteiger partial charge in [0.1, 0.15) is 11.6 Å². The molecule has 2 amide bonds. The maximum atomic E-state index is 13.9. The molecule has 5 nitrogen and oxygen atoms in total. The van der Waals surface area contributed by atoms with E-state index >= 15 is 0 Å². The molecule has 1 aliphatic rings. The number of hydrogen-bond acceptors (Lipinski definition) is 3. The Hall–Kier alpha value is -3.74. The van der Waals surface area contributed by atoms with E-state index in [1.807, 2.05) is 37.2 Å². The molecule has 182 valence electrons. The van der Waals surface area contributed by atoms with E-state index in [1.165, 1.54) is 36.4 Å². The van der Waals surface area contributed by atoms with Crippen LogP contribution in [0.1, 0.15) is 40.7 Å². The molecule has 0 radical (unpaired) electrons. The normalized spacial score (nSPS) is 13.1. The highest BCUT2D eigenvalue weighted by Crippen LogP contribution is 2.30. The standard InChI is InChI=1S/C28H29F2N3O2/c1-32(2)26-14-13-25(31-27(34)20-6-4-7-20)16-22(26)18-33(17-19-5-3-8-24(30)15-19)28(35)21-9-11-23(29)12-10-21/h3,5,8-16,20H,4,6-7,17-18H2,1-2H3,(H,31,34). The van der Waals surface area contributed by atoms with Gasteiger partial charge in [0.05, 0.1) is 0 Å². The molecular weight excluding hydrogens is 448 g/mol. The predicted octanol–water partition coefficient (Wildman–Crippen LogP) is 5.61. The van der Waals surface area contributed by atoms with Crippen molar-refractivity contribution in [3.8, 4) is 0 Å². The average Bonchev–Trinajstić information content (AvgIpc) is 2.77. The Morgan fingerprint density at radius 2 is 1.66 bits per heavy atom. The molecule has 7 heteroatoms. The van der Waals surface area contributed by atoms with Gasteiger partial charge < -0.3 is 15.1 Å². The molecule has 0 atom stereocenters. The van der Waals surface area contributed by atoms with Gasteiger partial charge in [-0.15, -0.1) is 0 Å². The molecule has 0 bridgehead atoms. The molecule has 0 heterocycles. The highest BCUT2D eigenvalue weighted by atomic mass is 19.1. The van der Waals surface area contributed by atoms with E-state index in [2.05, 4.69) is 5.32 Å². The summed E-state index contributed by atoms with van der Waals surface area (Å²) in [5.74, 6) is -1.05. The predicted molar refractivity (Wildman–Crippen MR) is 133 cm³/mol. The Balaban J connectivity index is 1.65. The zero-order valence-corrected chi connectivity index (χ0v) is 19.9. The Morgan fingerprint density at radius 1 is 0.914 bits per heavy atom. The molecule has 1 aliphatic carbocycles. The first kappa shape index (κ1) is 24.4. The number of nitrogens with zero attached hydrogens (tertiary/aromatic N) is 2. The zero-order valence-electron chi connectivity index (χ0n) is 19.9. The highest BCUT2D eigenvalue weighted by Gasteiger charge is 2.25. The first-order chi connectivity index (χ1) is 16.8. The van der Waals surface area contributed by atoms with Crippen molar-refractivity contribution in [2.45, 2.75) is 32.4 Å². The van der Waals surface area contributed by atoms with Crippen molar-refractivity contribution in [2.75, 3.05) is 24.3 Å². The zero-order chi connectivity index (χ0) is 24.9. The van der Waals surface area contributed by atoms with Gasteiger partial charge in [0.15, 0.2) is 0 Å². The summed E-state index contributed by atoms with van der Waals surface area (Å²) in [5.41, 5.74) is 3.36. The van der Waals surface area contributed by atoms with Crippen LogP contribution >= 0.6 is 0 Å². The maximum absolute atomic E-state index is 13.9. The lowest BCUT2D eigenvalue weighted by atomic mass is 9.85. The van der Waals surface area contributed by atoms with E-state index in [-0.39, 0.29) is 36.6 Å².